The fraction of sp³-hybridized carbons (Fsp3) is 0.0909. The lowest BCUT2D eigenvalue weighted by Crippen LogP contribution is -2.17. The number of aryl methyl sites for hydroxylation is 1. The topological polar surface area (TPSA) is 132 Å². The van der Waals surface area contributed by atoms with E-state index in [0.29, 0.717) is 11.4 Å². The molecule has 5 N–H and O–H groups in total. The third-order valence-electron chi connectivity index (χ3n) is 2.43. The summed E-state index contributed by atoms with van der Waals surface area (Å²) in [6.45, 7) is 1.53. The molecule has 0 unspecified atom stereocenters. The number of rotatable bonds is 2. The van der Waals surface area contributed by atoms with Crippen LogP contribution in [0.5, 0.6) is 0 Å². The number of nitrogens with zero attached hydrogens (tertiary/aromatic N) is 1. The van der Waals surface area contributed by atoms with E-state index in [-0.39, 0.29) is 10.6 Å². The summed E-state index contributed by atoms with van der Waals surface area (Å²) < 4.78 is 24.6. The van der Waals surface area contributed by atoms with E-state index in [1.807, 2.05) is 0 Å². The molecule has 0 saturated heterocycles. The predicted molar refractivity (Wildman–Crippen MR) is 70.3 cm³/mol. The Morgan fingerprint density at radius 3 is 2.47 bits per heavy atom. The van der Waals surface area contributed by atoms with Crippen molar-refractivity contribution in [2.45, 2.75) is 17.0 Å². The van der Waals surface area contributed by atoms with Crippen molar-refractivity contribution in [3.8, 4) is 0 Å². The quantitative estimate of drug-likeness (QED) is 0.527. The van der Waals surface area contributed by atoms with Gasteiger partial charge >= 0.3 is 0 Å². The molecule has 0 radical (unpaired) electrons. The third kappa shape index (κ3) is 2.43. The van der Waals surface area contributed by atoms with Gasteiger partial charge in [-0.1, -0.05) is 0 Å². The van der Waals surface area contributed by atoms with Gasteiger partial charge in [-0.25, -0.2) is 13.4 Å². The van der Waals surface area contributed by atoms with E-state index in [2.05, 4.69) is 9.97 Å². The van der Waals surface area contributed by atoms with Crippen molar-refractivity contribution in [2.75, 3.05) is 11.5 Å². The van der Waals surface area contributed by atoms with Gasteiger partial charge < -0.3 is 11.5 Å². The Balaban J connectivity index is 2.68. The Hall–Kier alpha value is -2.35. The molecule has 1 heterocycles. The van der Waals surface area contributed by atoms with Crippen LogP contribution in [0.2, 0.25) is 0 Å². The normalized spacial score (nSPS) is 11.4. The minimum Gasteiger partial charge on any atom is -0.399 e. The maximum Gasteiger partial charge on any atom is 0.251 e. The summed E-state index contributed by atoms with van der Waals surface area (Å²) in [6, 6.07) is 5.23. The van der Waals surface area contributed by atoms with Gasteiger partial charge in [-0.2, -0.15) is 0 Å². The lowest BCUT2D eigenvalue weighted by atomic mass is 10.3. The average Bonchev–Trinajstić information content (AvgIpc) is 2.26. The Morgan fingerprint density at radius 1 is 1.21 bits per heavy atom. The molecule has 0 aliphatic carbocycles. The zero-order valence-electron chi connectivity index (χ0n) is 10.0. The number of benzene rings is 1. The monoisotopic (exact) mass is 280 g/mol. The number of hydrogen-bond acceptors (Lipinski definition) is 6. The van der Waals surface area contributed by atoms with Crippen molar-refractivity contribution in [1.29, 1.82) is 0 Å². The van der Waals surface area contributed by atoms with Gasteiger partial charge in [0, 0.05) is 17.4 Å². The van der Waals surface area contributed by atoms with Gasteiger partial charge in [-0.3, -0.25) is 9.78 Å². The lowest BCUT2D eigenvalue weighted by Gasteiger charge is -2.07. The van der Waals surface area contributed by atoms with Crippen LogP contribution >= 0.6 is 0 Å². The van der Waals surface area contributed by atoms with Gasteiger partial charge in [0.1, 0.15) is 0 Å². The first-order chi connectivity index (χ1) is 8.80. The van der Waals surface area contributed by atoms with E-state index in [4.69, 9.17) is 11.5 Å². The van der Waals surface area contributed by atoms with Crippen LogP contribution in [-0.2, 0) is 9.84 Å². The minimum atomic E-state index is -3.98. The highest BCUT2D eigenvalue weighted by molar-refractivity contribution is 7.91. The van der Waals surface area contributed by atoms with Crippen molar-refractivity contribution in [3.05, 3.63) is 40.3 Å². The zero-order chi connectivity index (χ0) is 14.2. The molecule has 8 heteroatoms. The largest absolute Gasteiger partial charge is 0.399 e. The van der Waals surface area contributed by atoms with Crippen LogP contribution in [0.1, 0.15) is 5.69 Å². The Labute approximate surface area is 109 Å². The summed E-state index contributed by atoms with van der Waals surface area (Å²) in [5.41, 5.74) is 11.3. The molecular weight excluding hydrogens is 268 g/mol. The standard InChI is InChI=1S/C11H12N4O3S/c1-6-4-10(16)15-11(14-6)19(17,18)9-3-2-7(12)5-8(9)13/h2-5H,12-13H2,1H3,(H,14,15,16). The zero-order valence-corrected chi connectivity index (χ0v) is 10.9. The van der Waals surface area contributed by atoms with Crippen LogP contribution in [-0.4, -0.2) is 18.4 Å². The number of H-pyrrole nitrogens is 1. The molecular formula is C11H12N4O3S. The molecule has 0 saturated carbocycles. The number of aromatic nitrogens is 2. The third-order valence-corrected chi connectivity index (χ3v) is 4.08. The molecule has 0 fully saturated rings. The van der Waals surface area contributed by atoms with Crippen LogP contribution in [0.4, 0.5) is 11.4 Å². The van der Waals surface area contributed by atoms with Crippen molar-refractivity contribution >= 4 is 21.2 Å². The smallest absolute Gasteiger partial charge is 0.251 e. The second-order valence-electron chi connectivity index (χ2n) is 3.99. The molecule has 0 aliphatic rings. The van der Waals surface area contributed by atoms with E-state index >= 15 is 0 Å². The SMILES string of the molecule is Cc1cc(=O)[nH]c(S(=O)(=O)c2ccc(N)cc2N)n1. The van der Waals surface area contributed by atoms with E-state index in [1.165, 1.54) is 31.2 Å². The van der Waals surface area contributed by atoms with Crippen LogP contribution in [0, 0.1) is 6.92 Å². The highest BCUT2D eigenvalue weighted by Crippen LogP contribution is 2.25. The van der Waals surface area contributed by atoms with Crippen molar-refractivity contribution < 1.29 is 8.42 Å². The molecule has 0 atom stereocenters. The second-order valence-corrected chi connectivity index (χ2v) is 5.83. The molecule has 19 heavy (non-hydrogen) atoms. The molecule has 0 amide bonds. The van der Waals surface area contributed by atoms with Crippen molar-refractivity contribution in [1.82, 2.24) is 9.97 Å². The first-order valence-electron chi connectivity index (χ1n) is 5.29. The summed E-state index contributed by atoms with van der Waals surface area (Å²) in [5.74, 6) is 0. The lowest BCUT2D eigenvalue weighted by molar-refractivity contribution is 0.586. The predicted octanol–water partition coefficient (Wildman–Crippen LogP) is 0.0755. The summed E-state index contributed by atoms with van der Waals surface area (Å²) >= 11 is 0. The van der Waals surface area contributed by atoms with Crippen LogP contribution in [0.3, 0.4) is 0 Å². The molecule has 1 aromatic heterocycles. The highest BCUT2D eigenvalue weighted by atomic mass is 32.2. The van der Waals surface area contributed by atoms with Crippen molar-refractivity contribution in [3.63, 3.8) is 0 Å². The molecule has 100 valence electrons. The van der Waals surface area contributed by atoms with Gasteiger partial charge in [-0.05, 0) is 25.1 Å². The van der Waals surface area contributed by atoms with Gasteiger partial charge in [0.25, 0.3) is 5.56 Å². The molecule has 0 bridgehead atoms. The number of hydrogen-bond donors (Lipinski definition) is 3. The number of aromatic amines is 1. The average molecular weight is 280 g/mol. The van der Waals surface area contributed by atoms with E-state index in [0.717, 1.165) is 0 Å². The molecule has 0 aliphatic heterocycles. The summed E-state index contributed by atoms with van der Waals surface area (Å²) in [7, 11) is -3.98. The van der Waals surface area contributed by atoms with Gasteiger partial charge in [0.05, 0.1) is 10.6 Å². The number of sulfone groups is 1. The summed E-state index contributed by atoms with van der Waals surface area (Å²) in [5, 5.41) is -0.436. The Kier molecular flexibility index (Phi) is 3.03. The van der Waals surface area contributed by atoms with Gasteiger partial charge in [0.2, 0.25) is 15.0 Å². The van der Waals surface area contributed by atoms with E-state index < -0.39 is 20.6 Å². The molecule has 2 rings (SSSR count). The Morgan fingerprint density at radius 2 is 1.89 bits per heavy atom. The van der Waals surface area contributed by atoms with Crippen LogP contribution in [0.15, 0.2) is 39.1 Å². The number of anilines is 2. The molecule has 1 aromatic carbocycles. The fourth-order valence-electron chi connectivity index (χ4n) is 1.59. The number of nitrogen functional groups attached to an aromatic ring is 2. The maximum atomic E-state index is 12.3. The second kappa shape index (κ2) is 4.39. The van der Waals surface area contributed by atoms with Gasteiger partial charge in [0.15, 0.2) is 0 Å². The molecule has 0 spiro atoms. The number of nitrogens with two attached hydrogens (primary N) is 2. The summed E-state index contributed by atoms with van der Waals surface area (Å²) in [6.07, 6.45) is 0. The van der Waals surface area contributed by atoms with Crippen LogP contribution < -0.4 is 17.0 Å². The maximum absolute atomic E-state index is 12.3. The first kappa shape index (κ1) is 13.1. The first-order valence-corrected chi connectivity index (χ1v) is 6.77. The Bertz CT molecular complexity index is 796. The minimum absolute atomic E-state index is 0.00385. The van der Waals surface area contributed by atoms with Crippen molar-refractivity contribution in [2.24, 2.45) is 0 Å². The molecule has 7 nitrogen and oxygen atoms in total. The number of nitrogens with one attached hydrogen (secondary N) is 1. The van der Waals surface area contributed by atoms with E-state index in [1.54, 1.807) is 0 Å². The fourth-order valence-corrected chi connectivity index (χ4v) is 2.92. The molecule has 2 aromatic rings. The highest BCUT2D eigenvalue weighted by Gasteiger charge is 2.23. The van der Waals surface area contributed by atoms with Gasteiger partial charge in [-0.15, -0.1) is 0 Å². The summed E-state index contributed by atoms with van der Waals surface area (Å²) in [4.78, 5) is 17.2. The van der Waals surface area contributed by atoms with Crippen LogP contribution in [0.25, 0.3) is 0 Å². The van der Waals surface area contributed by atoms with E-state index in [9.17, 15) is 13.2 Å².